The lowest BCUT2D eigenvalue weighted by Gasteiger charge is -2.37. The van der Waals surface area contributed by atoms with Gasteiger partial charge in [0.25, 0.3) is 0 Å². The van der Waals surface area contributed by atoms with Crippen LogP contribution in [0.25, 0.3) is 0 Å². The molecule has 1 atom stereocenters. The fourth-order valence-corrected chi connectivity index (χ4v) is 3.72. The topological polar surface area (TPSA) is 49.6 Å². The maximum atomic E-state index is 12.4. The first-order valence-corrected chi connectivity index (χ1v) is 8.56. The van der Waals surface area contributed by atoms with Crippen molar-refractivity contribution in [1.29, 1.82) is 0 Å². The van der Waals surface area contributed by atoms with E-state index in [1.54, 1.807) is 0 Å². The van der Waals surface area contributed by atoms with E-state index in [4.69, 9.17) is 5.73 Å². The lowest BCUT2D eigenvalue weighted by molar-refractivity contribution is -0.133. The number of carbonyl (C=O) groups is 1. The Hall–Kier alpha value is -0.810. The van der Waals surface area contributed by atoms with Gasteiger partial charge in [-0.25, -0.2) is 0 Å². The van der Waals surface area contributed by atoms with Gasteiger partial charge in [-0.05, 0) is 44.3 Å². The molecule has 2 aliphatic rings. The van der Waals surface area contributed by atoms with Gasteiger partial charge in [-0.15, -0.1) is 24.8 Å². The van der Waals surface area contributed by atoms with E-state index in [1.165, 1.54) is 25.9 Å². The van der Waals surface area contributed by atoms with E-state index in [2.05, 4.69) is 4.90 Å². The molecule has 2 saturated heterocycles. The number of hydrogen-bond acceptors (Lipinski definition) is 3. The number of likely N-dealkylation sites (tertiary alicyclic amines) is 2. The summed E-state index contributed by atoms with van der Waals surface area (Å²) in [5.41, 5.74) is 7.22. The molecule has 3 rings (SSSR count). The average molecular weight is 374 g/mol. The molecule has 0 aromatic heterocycles. The highest BCUT2D eigenvalue weighted by molar-refractivity contribution is 5.85. The highest BCUT2D eigenvalue weighted by atomic mass is 35.5. The highest BCUT2D eigenvalue weighted by Crippen LogP contribution is 2.22. The number of benzene rings is 1. The quantitative estimate of drug-likeness (QED) is 0.882. The van der Waals surface area contributed by atoms with Gasteiger partial charge in [-0.1, -0.05) is 30.3 Å². The number of hydrogen-bond donors (Lipinski definition) is 1. The van der Waals surface area contributed by atoms with Crippen molar-refractivity contribution in [3.8, 4) is 0 Å². The van der Waals surface area contributed by atoms with Gasteiger partial charge >= 0.3 is 0 Å². The number of piperidine rings is 1. The molecule has 0 radical (unpaired) electrons. The molecule has 2 heterocycles. The Morgan fingerprint density at radius 3 is 2.21 bits per heavy atom. The lowest BCUT2D eigenvalue weighted by atomic mass is 10.0. The zero-order valence-electron chi connectivity index (χ0n) is 14.1. The van der Waals surface area contributed by atoms with Crippen LogP contribution in [0.2, 0.25) is 0 Å². The first-order valence-electron chi connectivity index (χ1n) is 8.56. The van der Waals surface area contributed by atoms with E-state index in [0.717, 1.165) is 31.5 Å². The molecular weight excluding hydrogens is 345 g/mol. The molecule has 0 bridgehead atoms. The second-order valence-electron chi connectivity index (χ2n) is 6.58. The third-order valence-corrected chi connectivity index (χ3v) is 5.10. The van der Waals surface area contributed by atoms with Crippen LogP contribution in [0, 0.1) is 0 Å². The monoisotopic (exact) mass is 373 g/mol. The van der Waals surface area contributed by atoms with Crippen LogP contribution in [0.15, 0.2) is 30.3 Å². The summed E-state index contributed by atoms with van der Waals surface area (Å²) in [6.07, 6.45) is 5.33. The van der Waals surface area contributed by atoms with Gasteiger partial charge in [0.2, 0.25) is 5.91 Å². The van der Waals surface area contributed by atoms with Crippen LogP contribution >= 0.6 is 24.8 Å². The summed E-state index contributed by atoms with van der Waals surface area (Å²) in [5, 5.41) is 0. The maximum Gasteiger partial charge on any atom is 0.224 e. The molecule has 1 aromatic rings. The lowest BCUT2D eigenvalue weighted by Crippen LogP contribution is -2.46. The summed E-state index contributed by atoms with van der Waals surface area (Å²) in [6.45, 7) is 4.28. The van der Waals surface area contributed by atoms with Crippen LogP contribution < -0.4 is 5.73 Å². The fourth-order valence-electron chi connectivity index (χ4n) is 3.72. The van der Waals surface area contributed by atoms with Gasteiger partial charge in [-0.2, -0.15) is 0 Å². The number of carbonyl (C=O) groups excluding carboxylic acids is 1. The number of nitrogens with zero attached hydrogens (tertiary/aromatic N) is 2. The summed E-state index contributed by atoms with van der Waals surface area (Å²) in [4.78, 5) is 17.1. The van der Waals surface area contributed by atoms with Crippen molar-refractivity contribution in [2.24, 2.45) is 5.73 Å². The molecule has 0 aliphatic carbocycles. The van der Waals surface area contributed by atoms with E-state index >= 15 is 0 Å². The molecule has 24 heavy (non-hydrogen) atoms. The molecule has 4 nitrogen and oxygen atoms in total. The molecule has 0 spiro atoms. The third-order valence-electron chi connectivity index (χ3n) is 5.10. The van der Waals surface area contributed by atoms with Crippen LogP contribution in [0.1, 0.15) is 43.7 Å². The highest BCUT2D eigenvalue weighted by Gasteiger charge is 2.28. The van der Waals surface area contributed by atoms with E-state index in [-0.39, 0.29) is 36.8 Å². The first kappa shape index (κ1) is 21.2. The molecule has 136 valence electrons. The van der Waals surface area contributed by atoms with E-state index in [1.807, 2.05) is 35.2 Å². The van der Waals surface area contributed by atoms with Crippen molar-refractivity contribution in [2.75, 3.05) is 26.2 Å². The second-order valence-corrected chi connectivity index (χ2v) is 6.58. The van der Waals surface area contributed by atoms with Crippen molar-refractivity contribution in [3.05, 3.63) is 35.9 Å². The Labute approximate surface area is 157 Å². The Morgan fingerprint density at radius 2 is 1.62 bits per heavy atom. The minimum absolute atomic E-state index is 0. The zero-order chi connectivity index (χ0) is 15.4. The summed E-state index contributed by atoms with van der Waals surface area (Å²) in [6, 6.07) is 10.4. The molecule has 1 amide bonds. The van der Waals surface area contributed by atoms with Crippen LogP contribution in [0.3, 0.4) is 0 Å². The Morgan fingerprint density at radius 1 is 1.04 bits per heavy atom. The smallest absolute Gasteiger partial charge is 0.224 e. The van der Waals surface area contributed by atoms with Crippen molar-refractivity contribution >= 4 is 30.7 Å². The predicted octanol–water partition coefficient (Wildman–Crippen LogP) is 3.01. The Bertz CT molecular complexity index is 486. The molecule has 0 saturated carbocycles. The average Bonchev–Trinajstić information content (AvgIpc) is 3.10. The summed E-state index contributed by atoms with van der Waals surface area (Å²) in [7, 11) is 0. The molecule has 2 fully saturated rings. The van der Waals surface area contributed by atoms with Gasteiger partial charge < -0.3 is 15.5 Å². The summed E-state index contributed by atoms with van der Waals surface area (Å²) in [5.74, 6) is 0.205. The van der Waals surface area contributed by atoms with E-state index < -0.39 is 0 Å². The van der Waals surface area contributed by atoms with Gasteiger partial charge in [0.15, 0.2) is 0 Å². The predicted molar refractivity (Wildman–Crippen MR) is 103 cm³/mol. The van der Waals surface area contributed by atoms with Gasteiger partial charge in [-0.3, -0.25) is 4.79 Å². The van der Waals surface area contributed by atoms with Crippen LogP contribution in [0.4, 0.5) is 0 Å². The molecule has 1 aromatic carbocycles. The molecule has 6 heteroatoms. The minimum atomic E-state index is -0.190. The largest absolute Gasteiger partial charge is 0.343 e. The van der Waals surface area contributed by atoms with E-state index in [0.29, 0.717) is 12.5 Å². The number of nitrogens with two attached hydrogens (primary N) is 1. The normalized spacial score (nSPS) is 20.1. The number of halogens is 2. The minimum Gasteiger partial charge on any atom is -0.343 e. The number of rotatable bonds is 4. The fraction of sp³-hybridized carbons (Fsp3) is 0.611. The molecular formula is C18H29Cl2N3O. The summed E-state index contributed by atoms with van der Waals surface area (Å²) >= 11 is 0. The van der Waals surface area contributed by atoms with Crippen LogP contribution in [-0.2, 0) is 4.79 Å². The van der Waals surface area contributed by atoms with Crippen LogP contribution in [-0.4, -0.2) is 47.9 Å². The van der Waals surface area contributed by atoms with Crippen molar-refractivity contribution in [2.45, 2.75) is 44.2 Å². The zero-order valence-corrected chi connectivity index (χ0v) is 15.7. The first-order chi connectivity index (χ1) is 10.7. The van der Waals surface area contributed by atoms with Gasteiger partial charge in [0, 0.05) is 31.6 Å². The Kier molecular flexibility index (Phi) is 9.06. The molecule has 2 aliphatic heterocycles. The maximum absolute atomic E-state index is 12.4. The number of amides is 1. The van der Waals surface area contributed by atoms with Crippen molar-refractivity contribution in [3.63, 3.8) is 0 Å². The van der Waals surface area contributed by atoms with E-state index in [9.17, 15) is 4.79 Å². The van der Waals surface area contributed by atoms with Gasteiger partial charge in [0.1, 0.15) is 0 Å². The molecule has 2 N–H and O–H groups in total. The third kappa shape index (κ3) is 5.35. The van der Waals surface area contributed by atoms with Crippen LogP contribution in [0.5, 0.6) is 0 Å². The SMILES string of the molecule is Cl.Cl.NC(CC(=O)N1CCC(N2CCCC2)CC1)c1ccccc1. The molecule has 1 unspecified atom stereocenters. The van der Waals surface area contributed by atoms with Crippen molar-refractivity contribution in [1.82, 2.24) is 9.80 Å². The van der Waals surface area contributed by atoms with Crippen molar-refractivity contribution < 1.29 is 4.79 Å². The Balaban J connectivity index is 0.00000144. The second kappa shape index (κ2) is 10.2. The summed E-state index contributed by atoms with van der Waals surface area (Å²) < 4.78 is 0. The standard InChI is InChI=1S/C18H27N3O.2ClH/c19-17(15-6-2-1-3-7-15)14-18(22)21-12-8-16(9-13-21)20-10-4-5-11-20;;/h1-3,6-7,16-17H,4-5,8-14,19H2;2*1H. The van der Waals surface area contributed by atoms with Gasteiger partial charge in [0.05, 0.1) is 0 Å².